The summed E-state index contributed by atoms with van der Waals surface area (Å²) in [6.07, 6.45) is 0.450. The molecular formula is C17H20FN3O4S2. The number of carbonyl (C=O) groups is 1. The summed E-state index contributed by atoms with van der Waals surface area (Å²) < 4.78 is 41.7. The normalized spacial score (nSPS) is 19.7. The number of amides is 1. The first-order chi connectivity index (χ1) is 12.7. The molecule has 146 valence electrons. The van der Waals surface area contributed by atoms with E-state index < -0.39 is 15.1 Å². The maximum atomic E-state index is 13.7. The van der Waals surface area contributed by atoms with E-state index in [1.807, 2.05) is 0 Å². The van der Waals surface area contributed by atoms with Crippen molar-refractivity contribution in [3.63, 3.8) is 0 Å². The molecule has 7 nitrogen and oxygen atoms in total. The minimum atomic E-state index is -3.03. The maximum Gasteiger partial charge on any atom is 0.236 e. The number of benzene rings is 1. The molecule has 0 spiro atoms. The Labute approximate surface area is 161 Å². The topological polar surface area (TPSA) is 102 Å². The Morgan fingerprint density at radius 3 is 2.93 bits per heavy atom. The lowest BCUT2D eigenvalue weighted by Gasteiger charge is -2.14. The van der Waals surface area contributed by atoms with E-state index in [1.165, 1.54) is 17.8 Å². The van der Waals surface area contributed by atoms with Crippen molar-refractivity contribution < 1.29 is 22.1 Å². The quantitative estimate of drug-likeness (QED) is 0.774. The Bertz CT molecular complexity index is 945. The van der Waals surface area contributed by atoms with Gasteiger partial charge in [0.1, 0.15) is 5.82 Å². The van der Waals surface area contributed by atoms with Crippen LogP contribution in [0.5, 0.6) is 0 Å². The molecule has 1 aliphatic heterocycles. The third-order valence-corrected chi connectivity index (χ3v) is 7.20. The molecule has 1 aliphatic rings. The average Bonchev–Trinajstić information content (AvgIpc) is 3.21. The van der Waals surface area contributed by atoms with Crippen LogP contribution < -0.4 is 5.32 Å². The third kappa shape index (κ3) is 5.07. The van der Waals surface area contributed by atoms with Crippen molar-refractivity contribution in [2.75, 3.05) is 11.5 Å². The maximum absolute atomic E-state index is 13.7. The first-order valence-electron chi connectivity index (χ1n) is 8.45. The lowest BCUT2D eigenvalue weighted by Crippen LogP contribution is -2.40. The lowest BCUT2D eigenvalue weighted by atomic mass is 10.1. The van der Waals surface area contributed by atoms with E-state index in [-0.39, 0.29) is 35.1 Å². The third-order valence-electron chi connectivity index (χ3n) is 4.30. The van der Waals surface area contributed by atoms with Gasteiger partial charge < -0.3 is 9.84 Å². The average molecular weight is 413 g/mol. The smallest absolute Gasteiger partial charge is 0.236 e. The highest BCUT2D eigenvalue weighted by Gasteiger charge is 2.30. The van der Waals surface area contributed by atoms with Crippen LogP contribution in [0, 0.1) is 12.7 Å². The van der Waals surface area contributed by atoms with Crippen LogP contribution in [0.1, 0.15) is 24.8 Å². The number of rotatable bonds is 6. The second-order valence-electron chi connectivity index (χ2n) is 6.54. The summed E-state index contributed by atoms with van der Waals surface area (Å²) >= 11 is 1.30. The molecule has 2 aromatic rings. The van der Waals surface area contributed by atoms with Crippen LogP contribution in [0.15, 0.2) is 22.7 Å². The van der Waals surface area contributed by atoms with Crippen molar-refractivity contribution in [3.05, 3.63) is 35.5 Å². The summed E-state index contributed by atoms with van der Waals surface area (Å²) in [7, 11) is -3.03. The van der Waals surface area contributed by atoms with Gasteiger partial charge in [0.2, 0.25) is 17.6 Å². The first-order valence-corrected chi connectivity index (χ1v) is 11.3. The van der Waals surface area contributed by atoms with E-state index >= 15 is 0 Å². The summed E-state index contributed by atoms with van der Waals surface area (Å²) in [5, 5.41) is 6.21. The summed E-state index contributed by atoms with van der Waals surface area (Å²) in [5.74, 6) is 0.491. The first kappa shape index (κ1) is 19.8. The monoisotopic (exact) mass is 413 g/mol. The Kier molecular flexibility index (Phi) is 5.85. The van der Waals surface area contributed by atoms with E-state index in [4.69, 9.17) is 4.52 Å². The van der Waals surface area contributed by atoms with Gasteiger partial charge in [0, 0.05) is 11.6 Å². The minimum Gasteiger partial charge on any atom is -0.351 e. The molecule has 0 aliphatic carbocycles. The standard InChI is InChI=1S/C17H20FN3O4S2/c1-10-3-4-12(7-14(10)18)16-20-15(25-21-16)8-26-11(2)17(22)19-13-5-6-27(23,24)9-13/h3-4,7,11,13H,5-6,8-9H2,1-2H3,(H,19,22). The van der Waals surface area contributed by atoms with E-state index in [9.17, 15) is 17.6 Å². The summed E-state index contributed by atoms with van der Waals surface area (Å²) in [6.45, 7) is 3.40. The fraction of sp³-hybridized carbons (Fsp3) is 0.471. The van der Waals surface area contributed by atoms with E-state index in [0.29, 0.717) is 29.2 Å². The zero-order valence-corrected chi connectivity index (χ0v) is 16.6. The van der Waals surface area contributed by atoms with Crippen LogP contribution in [0.25, 0.3) is 11.4 Å². The molecule has 0 saturated carbocycles. The van der Waals surface area contributed by atoms with E-state index in [0.717, 1.165) is 0 Å². The Morgan fingerprint density at radius 1 is 1.48 bits per heavy atom. The number of aromatic nitrogens is 2. The second-order valence-corrected chi connectivity index (χ2v) is 10.1. The number of thioether (sulfide) groups is 1. The van der Waals surface area contributed by atoms with E-state index in [1.54, 1.807) is 26.0 Å². The molecule has 2 atom stereocenters. The van der Waals surface area contributed by atoms with Crippen molar-refractivity contribution >= 4 is 27.5 Å². The van der Waals surface area contributed by atoms with Crippen LogP contribution in [-0.2, 0) is 20.4 Å². The minimum absolute atomic E-state index is 0.00371. The number of sulfone groups is 1. The number of hydrogen-bond donors (Lipinski definition) is 1. The molecule has 27 heavy (non-hydrogen) atoms. The number of hydrogen-bond acceptors (Lipinski definition) is 7. The zero-order valence-electron chi connectivity index (χ0n) is 14.9. The highest BCUT2D eigenvalue weighted by atomic mass is 32.2. The Hall–Kier alpha value is -1.94. The molecule has 1 N–H and O–H groups in total. The second kappa shape index (κ2) is 7.97. The fourth-order valence-corrected chi connectivity index (χ4v) is 5.06. The SMILES string of the molecule is Cc1ccc(-c2noc(CSC(C)C(=O)NC3CCS(=O)(=O)C3)n2)cc1F. The van der Waals surface area contributed by atoms with Gasteiger partial charge in [-0.1, -0.05) is 17.3 Å². The van der Waals surface area contributed by atoms with Crippen LogP contribution in [0.4, 0.5) is 4.39 Å². The van der Waals surface area contributed by atoms with Crippen molar-refractivity contribution in [1.82, 2.24) is 15.5 Å². The molecule has 1 aromatic carbocycles. The highest BCUT2D eigenvalue weighted by Crippen LogP contribution is 2.22. The summed E-state index contributed by atoms with van der Waals surface area (Å²) in [4.78, 5) is 16.4. The zero-order chi connectivity index (χ0) is 19.6. The van der Waals surface area contributed by atoms with Crippen LogP contribution in [0.2, 0.25) is 0 Å². The number of nitrogens with one attached hydrogen (secondary N) is 1. The van der Waals surface area contributed by atoms with Crippen molar-refractivity contribution in [2.24, 2.45) is 0 Å². The van der Waals surface area contributed by atoms with Gasteiger partial charge in [0.25, 0.3) is 0 Å². The van der Waals surface area contributed by atoms with Gasteiger partial charge in [0.15, 0.2) is 9.84 Å². The van der Waals surface area contributed by atoms with Crippen molar-refractivity contribution in [2.45, 2.75) is 37.3 Å². The van der Waals surface area contributed by atoms with Gasteiger partial charge >= 0.3 is 0 Å². The fourth-order valence-electron chi connectivity index (χ4n) is 2.66. The molecule has 1 fully saturated rings. The number of aryl methyl sites for hydroxylation is 1. The number of halogens is 1. The predicted octanol–water partition coefficient (Wildman–Crippen LogP) is 2.11. The highest BCUT2D eigenvalue weighted by molar-refractivity contribution is 7.99. The van der Waals surface area contributed by atoms with Crippen molar-refractivity contribution in [1.29, 1.82) is 0 Å². The molecule has 3 rings (SSSR count). The van der Waals surface area contributed by atoms with Gasteiger partial charge in [-0.05, 0) is 31.9 Å². The molecule has 2 heterocycles. The van der Waals surface area contributed by atoms with Crippen molar-refractivity contribution in [3.8, 4) is 11.4 Å². The van der Waals surface area contributed by atoms with E-state index in [2.05, 4.69) is 15.5 Å². The lowest BCUT2D eigenvalue weighted by molar-refractivity contribution is -0.120. The largest absolute Gasteiger partial charge is 0.351 e. The van der Waals surface area contributed by atoms with Gasteiger partial charge in [-0.2, -0.15) is 4.98 Å². The molecule has 2 unspecified atom stereocenters. The summed E-state index contributed by atoms with van der Waals surface area (Å²) in [5.41, 5.74) is 1.05. The number of nitrogens with zero attached hydrogens (tertiary/aromatic N) is 2. The Morgan fingerprint density at radius 2 is 2.26 bits per heavy atom. The van der Waals surface area contributed by atoms with Gasteiger partial charge in [0.05, 0.1) is 22.5 Å². The molecular weight excluding hydrogens is 393 g/mol. The number of carbonyl (C=O) groups excluding carboxylic acids is 1. The van der Waals surface area contributed by atoms with Gasteiger partial charge in [-0.3, -0.25) is 4.79 Å². The molecule has 1 aromatic heterocycles. The Balaban J connectivity index is 1.53. The van der Waals surface area contributed by atoms with Crippen LogP contribution in [-0.4, -0.2) is 47.3 Å². The predicted molar refractivity (Wildman–Crippen MR) is 100 cm³/mol. The molecule has 1 amide bonds. The molecule has 10 heteroatoms. The summed E-state index contributed by atoms with van der Waals surface area (Å²) in [6, 6.07) is 4.39. The molecule has 0 radical (unpaired) electrons. The molecule has 1 saturated heterocycles. The van der Waals surface area contributed by atoms with Gasteiger partial charge in [-0.25, -0.2) is 12.8 Å². The molecule has 0 bridgehead atoms. The van der Waals surface area contributed by atoms with Gasteiger partial charge in [-0.15, -0.1) is 11.8 Å². The van der Waals surface area contributed by atoms with Crippen LogP contribution in [0.3, 0.4) is 0 Å². The van der Waals surface area contributed by atoms with Crippen LogP contribution >= 0.6 is 11.8 Å².